The Bertz CT molecular complexity index is 274. The summed E-state index contributed by atoms with van der Waals surface area (Å²) in [5.41, 5.74) is -0.393. The van der Waals surface area contributed by atoms with E-state index in [1.165, 1.54) is 12.8 Å². The lowest BCUT2D eigenvalue weighted by atomic mass is 10.1. The molecular weight excluding hydrogens is 240 g/mol. The summed E-state index contributed by atoms with van der Waals surface area (Å²) < 4.78 is 5.44. The summed E-state index contributed by atoms with van der Waals surface area (Å²) >= 11 is 0. The Balaban J connectivity index is 0.00000144. The van der Waals surface area contributed by atoms with E-state index in [9.17, 15) is 4.79 Å². The molecule has 1 heterocycles. The van der Waals surface area contributed by atoms with Crippen molar-refractivity contribution < 1.29 is 9.53 Å². The van der Waals surface area contributed by atoms with Crippen LogP contribution in [0, 0.1) is 5.92 Å². The maximum atomic E-state index is 12.0. The van der Waals surface area contributed by atoms with E-state index < -0.39 is 5.60 Å². The fourth-order valence-corrected chi connectivity index (χ4v) is 2.17. The molecule has 5 heteroatoms. The zero-order valence-electron chi connectivity index (χ0n) is 10.9. The first-order valence-electron chi connectivity index (χ1n) is 6.18. The number of nitrogens with zero attached hydrogens (tertiary/aromatic N) is 1. The van der Waals surface area contributed by atoms with Crippen LogP contribution < -0.4 is 5.32 Å². The van der Waals surface area contributed by atoms with Crippen LogP contribution >= 0.6 is 12.4 Å². The van der Waals surface area contributed by atoms with Gasteiger partial charge < -0.3 is 15.0 Å². The largest absolute Gasteiger partial charge is 0.444 e. The molecule has 2 aliphatic rings. The molecule has 1 aliphatic carbocycles. The maximum Gasteiger partial charge on any atom is 0.410 e. The van der Waals surface area contributed by atoms with Crippen molar-refractivity contribution in [2.24, 2.45) is 5.92 Å². The number of piperazine rings is 1. The Morgan fingerprint density at radius 2 is 2.00 bits per heavy atom. The Labute approximate surface area is 109 Å². The van der Waals surface area contributed by atoms with Gasteiger partial charge in [0.15, 0.2) is 0 Å². The molecule has 0 bridgehead atoms. The minimum absolute atomic E-state index is 0. The van der Waals surface area contributed by atoms with E-state index in [4.69, 9.17) is 4.74 Å². The number of amides is 1. The molecule has 1 aliphatic heterocycles. The van der Waals surface area contributed by atoms with E-state index >= 15 is 0 Å². The molecule has 0 aromatic rings. The van der Waals surface area contributed by atoms with Crippen molar-refractivity contribution in [3.8, 4) is 0 Å². The molecule has 0 spiro atoms. The highest BCUT2D eigenvalue weighted by Gasteiger charge is 2.40. The second kappa shape index (κ2) is 5.44. The van der Waals surface area contributed by atoms with Crippen LogP contribution in [-0.4, -0.2) is 42.3 Å². The zero-order valence-corrected chi connectivity index (χ0v) is 11.7. The van der Waals surface area contributed by atoms with Gasteiger partial charge in [-0.1, -0.05) is 0 Å². The first-order valence-corrected chi connectivity index (χ1v) is 6.18. The fourth-order valence-electron chi connectivity index (χ4n) is 2.17. The van der Waals surface area contributed by atoms with Crippen LogP contribution in [-0.2, 0) is 4.74 Å². The number of nitrogens with one attached hydrogen (secondary N) is 1. The summed E-state index contributed by atoms with van der Waals surface area (Å²) in [5, 5.41) is 3.35. The van der Waals surface area contributed by atoms with Gasteiger partial charge in [-0.2, -0.15) is 0 Å². The number of rotatable bonds is 1. The van der Waals surface area contributed by atoms with Crippen LogP contribution in [0.4, 0.5) is 4.79 Å². The number of carbonyl (C=O) groups is 1. The number of halogens is 1. The van der Waals surface area contributed by atoms with Gasteiger partial charge in [0.05, 0.1) is 6.04 Å². The number of carbonyl (C=O) groups excluding carboxylic acids is 1. The fraction of sp³-hybridized carbons (Fsp3) is 0.917. The summed E-state index contributed by atoms with van der Waals surface area (Å²) in [7, 11) is 0. The highest BCUT2D eigenvalue weighted by atomic mass is 35.5. The molecule has 0 radical (unpaired) electrons. The summed E-state index contributed by atoms with van der Waals surface area (Å²) in [5.74, 6) is 0.695. The molecule has 100 valence electrons. The molecule has 0 unspecified atom stereocenters. The van der Waals surface area contributed by atoms with E-state index in [-0.39, 0.29) is 18.5 Å². The van der Waals surface area contributed by atoms with Crippen LogP contribution in [0.3, 0.4) is 0 Å². The van der Waals surface area contributed by atoms with Crippen molar-refractivity contribution in [1.82, 2.24) is 10.2 Å². The molecule has 1 saturated carbocycles. The molecule has 0 aromatic carbocycles. The highest BCUT2D eigenvalue weighted by molar-refractivity contribution is 5.85. The number of ether oxygens (including phenoxy) is 1. The second-order valence-electron chi connectivity index (χ2n) is 5.78. The van der Waals surface area contributed by atoms with Crippen molar-refractivity contribution in [3.05, 3.63) is 0 Å². The average molecular weight is 263 g/mol. The van der Waals surface area contributed by atoms with Gasteiger partial charge in [-0.25, -0.2) is 4.79 Å². The molecule has 17 heavy (non-hydrogen) atoms. The standard InChI is InChI=1S/C12H22N2O2.ClH/c1-12(2,3)16-11(15)14-7-6-13-8-10(14)9-4-5-9;/h9-10,13H,4-8H2,1-3H3;1H/t10-;/m0./s1. The predicted octanol–water partition coefficient (Wildman–Crippen LogP) is 2.03. The lowest BCUT2D eigenvalue weighted by molar-refractivity contribution is 0.00953. The molecule has 1 atom stereocenters. The second-order valence-corrected chi connectivity index (χ2v) is 5.78. The SMILES string of the molecule is CC(C)(C)OC(=O)N1CCNC[C@H]1C1CC1.Cl. The van der Waals surface area contributed by atoms with Crippen LogP contribution in [0.25, 0.3) is 0 Å². The van der Waals surface area contributed by atoms with Gasteiger partial charge >= 0.3 is 6.09 Å². The third-order valence-corrected chi connectivity index (χ3v) is 3.08. The van der Waals surface area contributed by atoms with E-state index in [0.29, 0.717) is 12.0 Å². The maximum absolute atomic E-state index is 12.0. The number of hydrogen-bond acceptors (Lipinski definition) is 3. The monoisotopic (exact) mass is 262 g/mol. The van der Waals surface area contributed by atoms with Crippen LogP contribution in [0.2, 0.25) is 0 Å². The van der Waals surface area contributed by atoms with Gasteiger partial charge in [0.25, 0.3) is 0 Å². The van der Waals surface area contributed by atoms with Gasteiger partial charge in [0, 0.05) is 19.6 Å². The van der Waals surface area contributed by atoms with E-state index in [2.05, 4.69) is 5.32 Å². The Hall–Kier alpha value is -0.480. The zero-order chi connectivity index (χ0) is 11.8. The molecule has 1 N–H and O–H groups in total. The minimum Gasteiger partial charge on any atom is -0.444 e. The minimum atomic E-state index is -0.393. The lowest BCUT2D eigenvalue weighted by Gasteiger charge is -2.37. The number of hydrogen-bond donors (Lipinski definition) is 1. The van der Waals surface area contributed by atoms with Crippen molar-refractivity contribution in [2.45, 2.75) is 45.3 Å². The smallest absolute Gasteiger partial charge is 0.410 e. The third-order valence-electron chi connectivity index (χ3n) is 3.08. The van der Waals surface area contributed by atoms with Crippen molar-refractivity contribution in [3.63, 3.8) is 0 Å². The Morgan fingerprint density at radius 3 is 2.53 bits per heavy atom. The average Bonchev–Trinajstić information content (AvgIpc) is 2.98. The Kier molecular flexibility index (Phi) is 4.67. The lowest BCUT2D eigenvalue weighted by Crippen LogP contribution is -2.55. The van der Waals surface area contributed by atoms with E-state index in [1.54, 1.807) is 0 Å². The van der Waals surface area contributed by atoms with E-state index in [1.807, 2.05) is 25.7 Å². The predicted molar refractivity (Wildman–Crippen MR) is 69.6 cm³/mol. The van der Waals surface area contributed by atoms with Crippen molar-refractivity contribution in [2.75, 3.05) is 19.6 Å². The summed E-state index contributed by atoms with van der Waals surface area (Å²) in [6, 6.07) is 0.351. The highest BCUT2D eigenvalue weighted by Crippen LogP contribution is 2.36. The van der Waals surface area contributed by atoms with Gasteiger partial charge in [-0.15, -0.1) is 12.4 Å². The van der Waals surface area contributed by atoms with E-state index in [0.717, 1.165) is 19.6 Å². The molecule has 0 aromatic heterocycles. The molecule has 1 saturated heterocycles. The summed E-state index contributed by atoms with van der Waals surface area (Å²) in [4.78, 5) is 13.9. The van der Waals surface area contributed by atoms with Gasteiger partial charge in [0.1, 0.15) is 5.60 Å². The summed E-state index contributed by atoms with van der Waals surface area (Å²) in [6.45, 7) is 8.32. The third kappa shape index (κ3) is 4.03. The van der Waals surface area contributed by atoms with Crippen LogP contribution in [0.1, 0.15) is 33.6 Å². The first kappa shape index (κ1) is 14.6. The Morgan fingerprint density at radius 1 is 1.35 bits per heavy atom. The molecular formula is C12H23ClN2O2. The van der Waals surface area contributed by atoms with Gasteiger partial charge in [0.2, 0.25) is 0 Å². The van der Waals surface area contributed by atoms with Crippen molar-refractivity contribution >= 4 is 18.5 Å². The normalized spacial score (nSPS) is 25.1. The molecule has 1 amide bonds. The first-order chi connectivity index (χ1) is 7.47. The quantitative estimate of drug-likeness (QED) is 0.786. The van der Waals surface area contributed by atoms with Gasteiger partial charge in [-0.05, 0) is 39.5 Å². The van der Waals surface area contributed by atoms with Crippen molar-refractivity contribution in [1.29, 1.82) is 0 Å². The molecule has 4 nitrogen and oxygen atoms in total. The summed E-state index contributed by atoms with van der Waals surface area (Å²) in [6.07, 6.45) is 2.36. The van der Waals surface area contributed by atoms with Crippen LogP contribution in [0.5, 0.6) is 0 Å². The topological polar surface area (TPSA) is 41.6 Å². The molecule has 2 rings (SSSR count). The van der Waals surface area contributed by atoms with Crippen LogP contribution in [0.15, 0.2) is 0 Å². The van der Waals surface area contributed by atoms with Gasteiger partial charge in [-0.3, -0.25) is 0 Å². The molecule has 2 fully saturated rings.